The molecule has 0 bridgehead atoms. The lowest BCUT2D eigenvalue weighted by Gasteiger charge is -2.36. The Bertz CT molecular complexity index is 749. The molecule has 0 radical (unpaired) electrons. The first-order valence-corrected chi connectivity index (χ1v) is 8.41. The number of phenols is 1. The zero-order valence-electron chi connectivity index (χ0n) is 13.6. The Balaban J connectivity index is 1.69. The van der Waals surface area contributed by atoms with Crippen LogP contribution in [0.2, 0.25) is 0 Å². The molecule has 5 heteroatoms. The van der Waals surface area contributed by atoms with Gasteiger partial charge in [0.05, 0.1) is 5.56 Å². The monoisotopic (exact) mass is 326 g/mol. The van der Waals surface area contributed by atoms with Crippen molar-refractivity contribution in [3.63, 3.8) is 0 Å². The number of carbonyl (C=O) groups is 1. The van der Waals surface area contributed by atoms with E-state index in [1.54, 1.807) is 18.2 Å². The van der Waals surface area contributed by atoms with Gasteiger partial charge in [-0.25, -0.2) is 0 Å². The molecule has 0 spiro atoms. The number of hydrogen-bond acceptors (Lipinski definition) is 3. The van der Waals surface area contributed by atoms with Gasteiger partial charge in [0, 0.05) is 24.8 Å². The van der Waals surface area contributed by atoms with E-state index < -0.39 is 0 Å². The molecule has 0 unspecified atom stereocenters. The average molecular weight is 326 g/mol. The van der Waals surface area contributed by atoms with Crippen LogP contribution < -0.4 is 5.56 Å². The van der Waals surface area contributed by atoms with Gasteiger partial charge in [0.15, 0.2) is 0 Å². The van der Waals surface area contributed by atoms with Crippen LogP contribution in [0.15, 0.2) is 47.4 Å². The average Bonchev–Trinajstić information content (AvgIpc) is 2.60. The molecular formula is C19H22N2O3. The van der Waals surface area contributed by atoms with Crippen LogP contribution in [0.5, 0.6) is 5.75 Å². The molecule has 3 rings (SSSR count). The number of aromatic nitrogens is 1. The first-order chi connectivity index (χ1) is 11.6. The molecule has 1 aliphatic heterocycles. The van der Waals surface area contributed by atoms with Crippen LogP contribution in [0.3, 0.4) is 0 Å². The number of benzene rings is 1. The second kappa shape index (κ2) is 7.34. The molecule has 2 heterocycles. The van der Waals surface area contributed by atoms with E-state index in [4.69, 9.17) is 0 Å². The van der Waals surface area contributed by atoms with Gasteiger partial charge in [0.2, 0.25) is 5.56 Å². The van der Waals surface area contributed by atoms with Crippen molar-refractivity contribution < 1.29 is 9.90 Å². The maximum absolute atomic E-state index is 12.8. The molecule has 0 saturated carbocycles. The molecule has 1 amide bonds. The smallest absolute Gasteiger partial charge is 0.255 e. The number of piperidine rings is 1. The Labute approximate surface area is 140 Å². The molecule has 2 N–H and O–H groups in total. The summed E-state index contributed by atoms with van der Waals surface area (Å²) in [5, 5.41) is 9.57. The number of likely N-dealkylation sites (tertiary alicyclic amines) is 1. The topological polar surface area (TPSA) is 73.4 Å². The third-order valence-corrected chi connectivity index (χ3v) is 4.60. The van der Waals surface area contributed by atoms with Gasteiger partial charge in [-0.2, -0.15) is 0 Å². The van der Waals surface area contributed by atoms with Gasteiger partial charge >= 0.3 is 0 Å². The first-order valence-electron chi connectivity index (χ1n) is 8.41. The number of phenolic OH excluding ortho intramolecular Hbond substituents is 1. The SMILES string of the molecule is O=C(c1ccc(=O)[nH]c1)N1CCCC[C@H]1CCc1cccc(O)c1. The van der Waals surface area contributed by atoms with Gasteiger partial charge in [0.1, 0.15) is 5.75 Å². The van der Waals surface area contributed by atoms with Gasteiger partial charge in [-0.3, -0.25) is 9.59 Å². The number of aromatic amines is 1. The highest BCUT2D eigenvalue weighted by Gasteiger charge is 2.27. The van der Waals surface area contributed by atoms with Crippen LogP contribution in [0, 0.1) is 0 Å². The summed E-state index contributed by atoms with van der Waals surface area (Å²) in [5.41, 5.74) is 1.40. The number of nitrogens with one attached hydrogen (secondary N) is 1. The number of nitrogens with zero attached hydrogens (tertiary/aromatic N) is 1. The molecule has 126 valence electrons. The largest absolute Gasteiger partial charge is 0.508 e. The van der Waals surface area contributed by atoms with E-state index in [1.165, 1.54) is 12.3 Å². The third-order valence-electron chi connectivity index (χ3n) is 4.60. The second-order valence-corrected chi connectivity index (χ2v) is 6.30. The number of carbonyl (C=O) groups excluding carboxylic acids is 1. The van der Waals surface area contributed by atoms with Crippen molar-refractivity contribution in [2.45, 2.75) is 38.1 Å². The molecule has 1 aromatic heterocycles. The number of aromatic hydroxyl groups is 1. The molecule has 24 heavy (non-hydrogen) atoms. The predicted octanol–water partition coefficient (Wildman–Crippen LogP) is 2.71. The molecule has 5 nitrogen and oxygen atoms in total. The Morgan fingerprint density at radius 2 is 2.12 bits per heavy atom. The molecule has 1 aliphatic rings. The molecule has 1 saturated heterocycles. The number of pyridine rings is 1. The van der Waals surface area contributed by atoms with Crippen LogP contribution in [-0.4, -0.2) is 33.5 Å². The third kappa shape index (κ3) is 3.85. The van der Waals surface area contributed by atoms with Crippen molar-refractivity contribution in [2.75, 3.05) is 6.54 Å². The van der Waals surface area contributed by atoms with Gasteiger partial charge in [-0.15, -0.1) is 0 Å². The highest BCUT2D eigenvalue weighted by atomic mass is 16.3. The van der Waals surface area contributed by atoms with E-state index in [9.17, 15) is 14.7 Å². The van der Waals surface area contributed by atoms with Gasteiger partial charge in [-0.1, -0.05) is 12.1 Å². The van der Waals surface area contributed by atoms with Crippen molar-refractivity contribution >= 4 is 5.91 Å². The summed E-state index contributed by atoms with van der Waals surface area (Å²) in [5.74, 6) is 0.254. The first kappa shape index (κ1) is 16.3. The molecule has 2 aromatic rings. The molecule has 0 aliphatic carbocycles. The minimum atomic E-state index is -0.203. The number of rotatable bonds is 4. The van der Waals surface area contributed by atoms with E-state index in [1.807, 2.05) is 17.0 Å². The zero-order valence-corrected chi connectivity index (χ0v) is 13.6. The van der Waals surface area contributed by atoms with Crippen molar-refractivity contribution in [1.29, 1.82) is 0 Å². The van der Waals surface area contributed by atoms with Gasteiger partial charge in [-0.05, 0) is 55.9 Å². The molecular weight excluding hydrogens is 304 g/mol. The Morgan fingerprint density at radius 3 is 2.88 bits per heavy atom. The number of amides is 1. The van der Waals surface area contributed by atoms with Gasteiger partial charge in [0.25, 0.3) is 5.91 Å². The van der Waals surface area contributed by atoms with Crippen molar-refractivity contribution in [3.05, 3.63) is 64.1 Å². The van der Waals surface area contributed by atoms with Gasteiger partial charge < -0.3 is 15.0 Å². The normalized spacial score (nSPS) is 17.7. The highest BCUT2D eigenvalue weighted by Crippen LogP contribution is 2.24. The molecule has 1 aromatic carbocycles. The lowest BCUT2D eigenvalue weighted by Crippen LogP contribution is -2.44. The fraction of sp³-hybridized carbons (Fsp3) is 0.368. The van der Waals surface area contributed by atoms with Crippen LogP contribution >= 0.6 is 0 Å². The highest BCUT2D eigenvalue weighted by molar-refractivity contribution is 5.94. The minimum absolute atomic E-state index is 0.0214. The fourth-order valence-electron chi connectivity index (χ4n) is 3.32. The summed E-state index contributed by atoms with van der Waals surface area (Å²) in [7, 11) is 0. The standard InChI is InChI=1S/C19H22N2O3/c22-17-6-3-4-14(12-17)7-9-16-5-1-2-11-21(16)19(24)15-8-10-18(23)20-13-15/h3-4,6,8,10,12-13,16,22H,1-2,5,7,9,11H2,(H,20,23)/t16-/m0/s1. The van der Waals surface area contributed by atoms with Crippen molar-refractivity contribution in [1.82, 2.24) is 9.88 Å². The van der Waals surface area contributed by atoms with E-state index in [0.717, 1.165) is 44.2 Å². The summed E-state index contributed by atoms with van der Waals surface area (Å²) in [6.45, 7) is 0.753. The Kier molecular flexibility index (Phi) is 4.99. The fourth-order valence-corrected chi connectivity index (χ4v) is 3.32. The summed E-state index contributed by atoms with van der Waals surface area (Å²) >= 11 is 0. The number of hydrogen-bond donors (Lipinski definition) is 2. The predicted molar refractivity (Wildman–Crippen MR) is 92.2 cm³/mol. The van der Waals surface area contributed by atoms with Crippen molar-refractivity contribution in [3.8, 4) is 5.75 Å². The number of H-pyrrole nitrogens is 1. The quantitative estimate of drug-likeness (QED) is 0.907. The Hall–Kier alpha value is -2.56. The molecule has 1 atom stereocenters. The maximum Gasteiger partial charge on any atom is 0.255 e. The second-order valence-electron chi connectivity index (χ2n) is 6.30. The summed E-state index contributed by atoms with van der Waals surface area (Å²) in [6, 6.07) is 10.4. The summed E-state index contributed by atoms with van der Waals surface area (Å²) < 4.78 is 0. The van der Waals surface area contributed by atoms with E-state index in [-0.39, 0.29) is 23.3 Å². The summed E-state index contributed by atoms with van der Waals surface area (Å²) in [6.07, 6.45) is 6.32. The zero-order chi connectivity index (χ0) is 16.9. The Morgan fingerprint density at radius 1 is 1.25 bits per heavy atom. The van der Waals surface area contributed by atoms with Crippen LogP contribution in [0.25, 0.3) is 0 Å². The lowest BCUT2D eigenvalue weighted by atomic mass is 9.95. The van der Waals surface area contributed by atoms with E-state index >= 15 is 0 Å². The van der Waals surface area contributed by atoms with Crippen LogP contribution in [0.4, 0.5) is 0 Å². The lowest BCUT2D eigenvalue weighted by molar-refractivity contribution is 0.0601. The van der Waals surface area contributed by atoms with Crippen LogP contribution in [-0.2, 0) is 6.42 Å². The van der Waals surface area contributed by atoms with Crippen molar-refractivity contribution in [2.24, 2.45) is 0 Å². The maximum atomic E-state index is 12.8. The minimum Gasteiger partial charge on any atom is -0.508 e. The van der Waals surface area contributed by atoms with E-state index in [2.05, 4.69) is 4.98 Å². The molecule has 1 fully saturated rings. The summed E-state index contributed by atoms with van der Waals surface area (Å²) in [4.78, 5) is 28.4. The van der Waals surface area contributed by atoms with Crippen LogP contribution in [0.1, 0.15) is 41.6 Å². The number of aryl methyl sites for hydroxylation is 1. The van der Waals surface area contributed by atoms with E-state index in [0.29, 0.717) is 5.56 Å².